The van der Waals surface area contributed by atoms with E-state index in [0.29, 0.717) is 29.0 Å². The van der Waals surface area contributed by atoms with E-state index < -0.39 is 0 Å². The van der Waals surface area contributed by atoms with Crippen molar-refractivity contribution in [1.29, 1.82) is 0 Å². The first-order valence-corrected chi connectivity index (χ1v) is 8.07. The molecule has 1 amide bonds. The molecule has 0 unspecified atom stereocenters. The number of carbonyl (C=O) groups excluding carboxylic acids is 1. The number of thiophene rings is 1. The Morgan fingerprint density at radius 1 is 1.22 bits per heavy atom. The van der Waals surface area contributed by atoms with Gasteiger partial charge in [-0.25, -0.2) is 4.39 Å². The topological polar surface area (TPSA) is 68.0 Å². The Kier molecular flexibility index (Phi) is 3.42. The van der Waals surface area contributed by atoms with Crippen LogP contribution in [0.4, 0.5) is 10.1 Å². The van der Waals surface area contributed by atoms with Gasteiger partial charge < -0.3 is 9.73 Å². The standard InChI is InChI=1S/C16H12FN3O2S/c17-11-5-3-9(4-6-11)14(21)18-12-7-8-23-13(12)16-20-19-15(22-16)10-1-2-10/h3-8,10H,1-2H2,(H,18,21). The highest BCUT2D eigenvalue weighted by Crippen LogP contribution is 2.41. The first kappa shape index (κ1) is 14.1. The highest BCUT2D eigenvalue weighted by molar-refractivity contribution is 7.14. The number of anilines is 1. The Hall–Kier alpha value is -2.54. The van der Waals surface area contributed by atoms with Crippen LogP contribution in [0.5, 0.6) is 0 Å². The van der Waals surface area contributed by atoms with Gasteiger partial charge >= 0.3 is 0 Å². The molecule has 7 heteroatoms. The number of amides is 1. The second-order valence-electron chi connectivity index (χ2n) is 5.34. The van der Waals surface area contributed by atoms with Gasteiger partial charge in [0.2, 0.25) is 5.89 Å². The number of benzene rings is 1. The van der Waals surface area contributed by atoms with Crippen molar-refractivity contribution in [3.05, 3.63) is 53.0 Å². The molecule has 23 heavy (non-hydrogen) atoms. The molecule has 1 aromatic carbocycles. The second kappa shape index (κ2) is 5.58. The lowest BCUT2D eigenvalue weighted by molar-refractivity contribution is 0.102. The molecule has 1 aliphatic rings. The van der Waals surface area contributed by atoms with Gasteiger partial charge in [-0.05, 0) is 48.6 Å². The summed E-state index contributed by atoms with van der Waals surface area (Å²) in [5.41, 5.74) is 0.989. The van der Waals surface area contributed by atoms with Crippen LogP contribution in [0, 0.1) is 5.82 Å². The minimum atomic E-state index is -0.378. The van der Waals surface area contributed by atoms with Crippen LogP contribution in [-0.4, -0.2) is 16.1 Å². The number of halogens is 1. The Balaban J connectivity index is 1.56. The van der Waals surface area contributed by atoms with E-state index in [0.717, 1.165) is 17.7 Å². The molecule has 0 spiro atoms. The number of aromatic nitrogens is 2. The quantitative estimate of drug-likeness (QED) is 0.783. The van der Waals surface area contributed by atoms with E-state index in [1.807, 2.05) is 5.38 Å². The lowest BCUT2D eigenvalue weighted by atomic mass is 10.2. The van der Waals surface area contributed by atoms with Crippen LogP contribution in [0.15, 0.2) is 40.1 Å². The van der Waals surface area contributed by atoms with Crippen LogP contribution in [-0.2, 0) is 0 Å². The van der Waals surface area contributed by atoms with E-state index in [1.54, 1.807) is 6.07 Å². The Labute approximate surface area is 135 Å². The normalized spacial score (nSPS) is 14.0. The zero-order valence-corrected chi connectivity index (χ0v) is 12.8. The first-order chi connectivity index (χ1) is 11.2. The third kappa shape index (κ3) is 2.87. The molecular weight excluding hydrogens is 317 g/mol. The van der Waals surface area contributed by atoms with E-state index in [-0.39, 0.29) is 11.7 Å². The van der Waals surface area contributed by atoms with E-state index in [4.69, 9.17) is 4.42 Å². The number of carbonyl (C=O) groups is 1. The van der Waals surface area contributed by atoms with Crippen molar-refractivity contribution in [2.75, 3.05) is 5.32 Å². The van der Waals surface area contributed by atoms with E-state index in [1.165, 1.54) is 35.6 Å². The maximum Gasteiger partial charge on any atom is 0.259 e. The largest absolute Gasteiger partial charge is 0.420 e. The summed E-state index contributed by atoms with van der Waals surface area (Å²) in [7, 11) is 0. The molecule has 5 nitrogen and oxygen atoms in total. The lowest BCUT2D eigenvalue weighted by Crippen LogP contribution is -2.11. The predicted octanol–water partition coefficient (Wildman–Crippen LogP) is 4.07. The number of nitrogens with zero attached hydrogens (tertiary/aromatic N) is 2. The van der Waals surface area contributed by atoms with Crippen LogP contribution in [0.25, 0.3) is 10.8 Å². The number of hydrogen-bond donors (Lipinski definition) is 1. The molecule has 1 aliphatic carbocycles. The molecular formula is C16H12FN3O2S. The maximum atomic E-state index is 12.9. The average Bonchev–Trinajstić information content (AvgIpc) is 3.10. The molecule has 0 bridgehead atoms. The molecule has 0 radical (unpaired) electrons. The van der Waals surface area contributed by atoms with Crippen molar-refractivity contribution in [2.24, 2.45) is 0 Å². The van der Waals surface area contributed by atoms with Gasteiger partial charge in [-0.3, -0.25) is 4.79 Å². The van der Waals surface area contributed by atoms with Crippen molar-refractivity contribution >= 4 is 22.9 Å². The van der Waals surface area contributed by atoms with Gasteiger partial charge in [0, 0.05) is 11.5 Å². The summed E-state index contributed by atoms with van der Waals surface area (Å²) in [5.74, 6) is 0.761. The van der Waals surface area contributed by atoms with Crippen molar-refractivity contribution in [3.63, 3.8) is 0 Å². The minimum absolute atomic E-state index is 0.313. The minimum Gasteiger partial charge on any atom is -0.420 e. The van der Waals surface area contributed by atoms with Crippen molar-refractivity contribution in [2.45, 2.75) is 18.8 Å². The zero-order chi connectivity index (χ0) is 15.8. The van der Waals surface area contributed by atoms with E-state index >= 15 is 0 Å². The lowest BCUT2D eigenvalue weighted by Gasteiger charge is -2.04. The smallest absolute Gasteiger partial charge is 0.259 e. The average molecular weight is 329 g/mol. The van der Waals surface area contributed by atoms with Gasteiger partial charge in [-0.15, -0.1) is 21.5 Å². The number of hydrogen-bond acceptors (Lipinski definition) is 5. The monoisotopic (exact) mass is 329 g/mol. The second-order valence-corrected chi connectivity index (χ2v) is 6.26. The van der Waals surface area contributed by atoms with Gasteiger partial charge in [0.25, 0.3) is 11.8 Å². The van der Waals surface area contributed by atoms with Gasteiger partial charge in [0.1, 0.15) is 10.7 Å². The Bertz CT molecular complexity index is 852. The van der Waals surface area contributed by atoms with Gasteiger partial charge in [-0.1, -0.05) is 0 Å². The molecule has 0 atom stereocenters. The van der Waals surface area contributed by atoms with Crippen molar-refractivity contribution in [1.82, 2.24) is 10.2 Å². The Morgan fingerprint density at radius 3 is 2.74 bits per heavy atom. The molecule has 1 fully saturated rings. The molecule has 2 heterocycles. The fraction of sp³-hybridized carbons (Fsp3) is 0.188. The van der Waals surface area contributed by atoms with Crippen molar-refractivity contribution < 1.29 is 13.6 Å². The van der Waals surface area contributed by atoms with Crippen LogP contribution in [0.2, 0.25) is 0 Å². The highest BCUT2D eigenvalue weighted by atomic mass is 32.1. The summed E-state index contributed by atoms with van der Waals surface area (Å²) in [6, 6.07) is 7.17. The molecule has 1 N–H and O–H groups in total. The first-order valence-electron chi connectivity index (χ1n) is 7.19. The summed E-state index contributed by atoms with van der Waals surface area (Å²) < 4.78 is 18.6. The van der Waals surface area contributed by atoms with E-state index in [9.17, 15) is 9.18 Å². The van der Waals surface area contributed by atoms with Crippen molar-refractivity contribution in [3.8, 4) is 10.8 Å². The highest BCUT2D eigenvalue weighted by Gasteiger charge is 2.30. The fourth-order valence-corrected chi connectivity index (χ4v) is 2.96. The summed E-state index contributed by atoms with van der Waals surface area (Å²) in [6.07, 6.45) is 2.17. The molecule has 1 saturated carbocycles. The number of nitrogens with one attached hydrogen (secondary N) is 1. The summed E-state index contributed by atoms with van der Waals surface area (Å²) in [6.45, 7) is 0. The summed E-state index contributed by atoms with van der Waals surface area (Å²) in [5, 5.41) is 12.8. The molecule has 116 valence electrons. The van der Waals surface area contributed by atoms with Crippen LogP contribution >= 0.6 is 11.3 Å². The fourth-order valence-electron chi connectivity index (χ4n) is 2.19. The van der Waals surface area contributed by atoms with Crippen LogP contribution in [0.1, 0.15) is 35.0 Å². The molecule has 4 rings (SSSR count). The molecule has 0 saturated heterocycles. The SMILES string of the molecule is O=C(Nc1ccsc1-c1nnc(C2CC2)o1)c1ccc(F)cc1. The molecule has 3 aromatic rings. The molecule has 0 aliphatic heterocycles. The third-order valence-corrected chi connectivity index (χ3v) is 4.48. The van der Waals surface area contributed by atoms with Gasteiger partial charge in [0.15, 0.2) is 0 Å². The third-order valence-electron chi connectivity index (χ3n) is 3.58. The van der Waals surface area contributed by atoms with Crippen LogP contribution < -0.4 is 5.32 Å². The Morgan fingerprint density at radius 2 is 2.00 bits per heavy atom. The maximum absolute atomic E-state index is 12.9. The summed E-state index contributed by atoms with van der Waals surface area (Å²) >= 11 is 1.42. The van der Waals surface area contributed by atoms with Gasteiger partial charge in [-0.2, -0.15) is 0 Å². The predicted molar refractivity (Wildman–Crippen MR) is 83.9 cm³/mol. The zero-order valence-electron chi connectivity index (χ0n) is 12.0. The number of rotatable bonds is 4. The van der Waals surface area contributed by atoms with Crippen LogP contribution in [0.3, 0.4) is 0 Å². The molecule has 2 aromatic heterocycles. The van der Waals surface area contributed by atoms with E-state index in [2.05, 4.69) is 15.5 Å². The summed E-state index contributed by atoms with van der Waals surface area (Å²) in [4.78, 5) is 13.0. The van der Waals surface area contributed by atoms with Gasteiger partial charge in [0.05, 0.1) is 5.69 Å².